The summed E-state index contributed by atoms with van der Waals surface area (Å²) in [5, 5.41) is 2.29. The number of methoxy groups -OCH3 is 1. The van der Waals surface area contributed by atoms with Crippen molar-refractivity contribution in [2.45, 2.75) is 16.7 Å². The fourth-order valence-corrected chi connectivity index (χ4v) is 4.92. The first-order chi connectivity index (χ1) is 15.1. The summed E-state index contributed by atoms with van der Waals surface area (Å²) >= 11 is 0. The monoisotopic (exact) mass is 475 g/mol. The molecule has 0 atom stereocenters. The maximum atomic E-state index is 13.0. The van der Waals surface area contributed by atoms with Crippen molar-refractivity contribution in [3.63, 3.8) is 0 Å². The first-order valence-corrected chi connectivity index (χ1v) is 12.2. The van der Waals surface area contributed by atoms with Gasteiger partial charge in [-0.2, -0.15) is 0 Å². The molecule has 0 aliphatic rings. The van der Waals surface area contributed by atoms with Crippen LogP contribution >= 0.6 is 0 Å². The highest BCUT2D eigenvalue weighted by Gasteiger charge is 2.23. The maximum Gasteiger partial charge on any atom is 0.333 e. The van der Waals surface area contributed by atoms with Gasteiger partial charge in [-0.3, -0.25) is 4.72 Å². The molecule has 3 aromatic carbocycles. The van der Waals surface area contributed by atoms with Crippen LogP contribution in [0.3, 0.4) is 0 Å². The lowest BCUT2D eigenvalue weighted by Gasteiger charge is -2.15. The Bertz CT molecular complexity index is 1340. The Kier molecular flexibility index (Phi) is 6.70. The lowest BCUT2D eigenvalue weighted by molar-refractivity contribution is 0.256. The number of hydrogen-bond acceptors (Lipinski definition) is 6. The summed E-state index contributed by atoms with van der Waals surface area (Å²) in [5.41, 5.74) is 0.956. The number of rotatable bonds is 7. The normalized spacial score (nSPS) is 11.4. The molecule has 32 heavy (non-hydrogen) atoms. The average molecular weight is 476 g/mol. The van der Waals surface area contributed by atoms with E-state index in [0.717, 1.165) is 5.56 Å². The highest BCUT2D eigenvalue weighted by Crippen LogP contribution is 2.28. The van der Waals surface area contributed by atoms with Crippen molar-refractivity contribution in [2.75, 3.05) is 17.1 Å². The van der Waals surface area contributed by atoms with Gasteiger partial charge in [-0.1, -0.05) is 42.0 Å². The summed E-state index contributed by atoms with van der Waals surface area (Å²) in [6, 6.07) is 16.8. The number of nitrogens with one attached hydrogen (secondary N) is 3. The van der Waals surface area contributed by atoms with Gasteiger partial charge in [0, 0.05) is 0 Å². The Balaban J connectivity index is 1.83. The highest BCUT2D eigenvalue weighted by atomic mass is 32.2. The SMILES string of the molecule is COc1ccccc1NS(=O)(=O)c1ccccc1NC(=O)NS(=O)(=O)c1ccc(C)cc1. The predicted octanol–water partition coefficient (Wildman–Crippen LogP) is 3.31. The van der Waals surface area contributed by atoms with Gasteiger partial charge in [0.25, 0.3) is 20.0 Å². The van der Waals surface area contributed by atoms with Crippen molar-refractivity contribution in [1.82, 2.24) is 4.72 Å². The Hall–Kier alpha value is -3.57. The molecule has 0 aromatic heterocycles. The van der Waals surface area contributed by atoms with E-state index in [-0.39, 0.29) is 21.2 Å². The third-order valence-electron chi connectivity index (χ3n) is 4.33. The largest absolute Gasteiger partial charge is 0.495 e. The van der Waals surface area contributed by atoms with Gasteiger partial charge >= 0.3 is 6.03 Å². The van der Waals surface area contributed by atoms with Crippen LogP contribution in [0.1, 0.15) is 5.56 Å². The van der Waals surface area contributed by atoms with Crippen molar-refractivity contribution in [3.05, 3.63) is 78.4 Å². The topological polar surface area (TPSA) is 131 Å². The molecule has 168 valence electrons. The zero-order valence-corrected chi connectivity index (χ0v) is 18.8. The number of carbonyl (C=O) groups excluding carboxylic acids is 1. The number of amides is 2. The van der Waals surface area contributed by atoms with Gasteiger partial charge in [-0.05, 0) is 43.3 Å². The van der Waals surface area contributed by atoms with E-state index >= 15 is 0 Å². The smallest absolute Gasteiger partial charge is 0.333 e. The van der Waals surface area contributed by atoms with Crippen molar-refractivity contribution in [2.24, 2.45) is 0 Å². The second kappa shape index (κ2) is 9.28. The number of anilines is 2. The minimum Gasteiger partial charge on any atom is -0.495 e. The van der Waals surface area contributed by atoms with E-state index in [4.69, 9.17) is 4.74 Å². The maximum absolute atomic E-state index is 13.0. The summed E-state index contributed by atoms with van der Waals surface area (Å²) in [5.74, 6) is 0.309. The second-order valence-electron chi connectivity index (χ2n) is 6.67. The van der Waals surface area contributed by atoms with Crippen molar-refractivity contribution in [1.29, 1.82) is 0 Å². The molecule has 3 N–H and O–H groups in total. The van der Waals surface area contributed by atoms with Crippen LogP contribution in [0.25, 0.3) is 0 Å². The second-order valence-corrected chi connectivity index (χ2v) is 10.0. The molecule has 0 aliphatic heterocycles. The molecule has 0 unspecified atom stereocenters. The minimum absolute atomic E-state index is 0.100. The van der Waals surface area contributed by atoms with E-state index in [0.29, 0.717) is 5.75 Å². The van der Waals surface area contributed by atoms with Gasteiger partial charge in [0.15, 0.2) is 0 Å². The van der Waals surface area contributed by atoms with E-state index in [1.807, 2.05) is 4.72 Å². The summed E-state index contributed by atoms with van der Waals surface area (Å²) < 4.78 is 60.2. The minimum atomic E-state index is -4.15. The van der Waals surface area contributed by atoms with Gasteiger partial charge in [0.05, 0.1) is 23.4 Å². The van der Waals surface area contributed by atoms with Crippen molar-refractivity contribution >= 4 is 37.5 Å². The quantitative estimate of drug-likeness (QED) is 0.481. The Morgan fingerprint density at radius 1 is 0.781 bits per heavy atom. The van der Waals surface area contributed by atoms with Crippen LogP contribution in [0.2, 0.25) is 0 Å². The molecule has 0 fully saturated rings. The van der Waals surface area contributed by atoms with Crippen LogP contribution in [0.5, 0.6) is 5.75 Å². The molecule has 0 radical (unpaired) electrons. The zero-order chi connectivity index (χ0) is 23.4. The molecular formula is C21H21N3O6S2. The lowest BCUT2D eigenvalue weighted by Crippen LogP contribution is -2.34. The average Bonchev–Trinajstić information content (AvgIpc) is 2.74. The molecule has 0 saturated carbocycles. The first kappa shape index (κ1) is 23.1. The van der Waals surface area contributed by atoms with Crippen LogP contribution < -0.4 is 19.5 Å². The molecule has 3 aromatic rings. The van der Waals surface area contributed by atoms with Gasteiger partial charge in [0.1, 0.15) is 10.6 Å². The molecule has 9 nitrogen and oxygen atoms in total. The van der Waals surface area contributed by atoms with Crippen LogP contribution in [0, 0.1) is 6.92 Å². The fourth-order valence-electron chi connectivity index (χ4n) is 2.78. The van der Waals surface area contributed by atoms with E-state index in [1.54, 1.807) is 37.3 Å². The van der Waals surface area contributed by atoms with E-state index in [2.05, 4.69) is 10.0 Å². The van der Waals surface area contributed by atoms with Crippen LogP contribution in [-0.4, -0.2) is 30.0 Å². The summed E-state index contributed by atoms with van der Waals surface area (Å²) in [7, 11) is -6.89. The Morgan fingerprint density at radius 3 is 2.03 bits per heavy atom. The summed E-state index contributed by atoms with van der Waals surface area (Å²) in [6.07, 6.45) is 0. The molecule has 0 spiro atoms. The predicted molar refractivity (Wildman–Crippen MR) is 121 cm³/mol. The van der Waals surface area contributed by atoms with Crippen LogP contribution in [0.4, 0.5) is 16.2 Å². The number of ether oxygens (including phenoxy) is 1. The van der Waals surface area contributed by atoms with Gasteiger partial charge in [-0.15, -0.1) is 0 Å². The number of sulfonamides is 2. The number of carbonyl (C=O) groups is 1. The number of aryl methyl sites for hydroxylation is 1. The molecule has 0 saturated heterocycles. The van der Waals surface area contributed by atoms with Gasteiger partial charge in [0.2, 0.25) is 0 Å². The molecule has 0 bridgehead atoms. The lowest BCUT2D eigenvalue weighted by atomic mass is 10.2. The van der Waals surface area contributed by atoms with E-state index in [9.17, 15) is 21.6 Å². The van der Waals surface area contributed by atoms with E-state index < -0.39 is 26.1 Å². The molecule has 0 aliphatic carbocycles. The number of urea groups is 1. The van der Waals surface area contributed by atoms with Gasteiger partial charge < -0.3 is 10.1 Å². The molecule has 11 heteroatoms. The first-order valence-electron chi connectivity index (χ1n) is 9.28. The zero-order valence-electron chi connectivity index (χ0n) is 17.2. The highest BCUT2D eigenvalue weighted by molar-refractivity contribution is 7.93. The molecule has 2 amide bonds. The third-order valence-corrected chi connectivity index (χ3v) is 7.10. The number of para-hydroxylation sites is 3. The Labute approximate surface area is 186 Å². The van der Waals surface area contributed by atoms with Crippen molar-refractivity contribution in [3.8, 4) is 5.75 Å². The number of benzene rings is 3. The van der Waals surface area contributed by atoms with Gasteiger partial charge in [-0.25, -0.2) is 26.4 Å². The summed E-state index contributed by atoms with van der Waals surface area (Å²) in [6.45, 7) is 1.80. The molecular weight excluding hydrogens is 454 g/mol. The molecule has 3 rings (SSSR count). The standard InChI is InChI=1S/C21H21N3O6S2/c1-15-11-13-16(14-12-15)31(26,27)24-21(25)22-18-8-4-6-10-20(18)32(28,29)23-17-7-3-5-9-19(17)30-2/h3-14,23H,1-2H3,(H2,22,24,25). The van der Waals surface area contributed by atoms with E-state index in [1.165, 1.54) is 49.6 Å². The Morgan fingerprint density at radius 2 is 1.38 bits per heavy atom. The van der Waals surface area contributed by atoms with Crippen LogP contribution in [0.15, 0.2) is 82.6 Å². The fraction of sp³-hybridized carbons (Fsp3) is 0.0952. The van der Waals surface area contributed by atoms with Crippen LogP contribution in [-0.2, 0) is 20.0 Å². The van der Waals surface area contributed by atoms with Crippen molar-refractivity contribution < 1.29 is 26.4 Å². The summed E-state index contributed by atoms with van der Waals surface area (Å²) in [4.78, 5) is 12.0. The third kappa shape index (κ3) is 5.37. The number of hydrogen-bond donors (Lipinski definition) is 3. The molecule has 0 heterocycles.